The summed E-state index contributed by atoms with van der Waals surface area (Å²) in [5, 5.41) is 2.25. The van der Waals surface area contributed by atoms with Gasteiger partial charge in [0, 0.05) is 17.5 Å². The molecule has 1 aliphatic rings. The summed E-state index contributed by atoms with van der Waals surface area (Å²) < 4.78 is 22.3. The smallest absolute Gasteiger partial charge is 0.231 e. The third-order valence-corrected chi connectivity index (χ3v) is 4.92. The van der Waals surface area contributed by atoms with Crippen molar-refractivity contribution in [3.8, 4) is 23.0 Å². The van der Waals surface area contributed by atoms with Crippen LogP contribution in [0, 0.1) is 0 Å². The second kappa shape index (κ2) is 9.34. The molecular weight excluding hydrogens is 366 g/mol. The minimum absolute atomic E-state index is 0.308. The Hall–Kier alpha value is -3.18. The Morgan fingerprint density at radius 3 is 2.38 bits per heavy atom. The Labute approximate surface area is 171 Å². The Kier molecular flexibility index (Phi) is 6.17. The van der Waals surface area contributed by atoms with E-state index < -0.39 is 0 Å². The first-order valence-corrected chi connectivity index (χ1v) is 9.85. The molecule has 0 unspecified atom stereocenters. The van der Waals surface area contributed by atoms with Crippen LogP contribution >= 0.6 is 0 Å². The first-order chi connectivity index (χ1) is 14.3. The average Bonchev–Trinajstić information content (AvgIpc) is 3.23. The molecule has 0 aromatic heterocycles. The molecule has 1 aliphatic heterocycles. The maximum Gasteiger partial charge on any atom is 0.231 e. The number of quaternary nitrogens is 1. The van der Waals surface area contributed by atoms with Crippen LogP contribution in [-0.2, 0) is 19.5 Å². The molecule has 0 bridgehead atoms. The van der Waals surface area contributed by atoms with Crippen molar-refractivity contribution < 1.29 is 24.3 Å². The van der Waals surface area contributed by atoms with E-state index in [2.05, 4.69) is 29.6 Å². The molecule has 0 radical (unpaired) electrons. The SMILES string of the molecule is COc1cc(C[NH2+]Cc2ccc3c(c2)OCO3)ccc1OCCc1ccccc1. The summed E-state index contributed by atoms with van der Waals surface area (Å²) in [7, 11) is 1.68. The van der Waals surface area contributed by atoms with Crippen molar-refractivity contribution in [2.45, 2.75) is 19.5 Å². The number of hydrogen-bond acceptors (Lipinski definition) is 4. The van der Waals surface area contributed by atoms with Crippen LogP contribution in [0.4, 0.5) is 0 Å². The Bertz CT molecular complexity index is 943. The lowest BCUT2D eigenvalue weighted by atomic mass is 10.1. The van der Waals surface area contributed by atoms with Gasteiger partial charge < -0.3 is 24.3 Å². The van der Waals surface area contributed by atoms with Crippen molar-refractivity contribution in [2.75, 3.05) is 20.5 Å². The summed E-state index contributed by atoms with van der Waals surface area (Å²) in [5.74, 6) is 3.20. The van der Waals surface area contributed by atoms with Crippen LogP contribution in [-0.4, -0.2) is 20.5 Å². The highest BCUT2D eigenvalue weighted by atomic mass is 16.7. The van der Waals surface area contributed by atoms with Crippen molar-refractivity contribution in [1.29, 1.82) is 0 Å². The summed E-state index contributed by atoms with van der Waals surface area (Å²) in [6, 6.07) is 22.6. The first kappa shape index (κ1) is 19.2. The highest BCUT2D eigenvalue weighted by Crippen LogP contribution is 2.32. The quantitative estimate of drug-likeness (QED) is 0.607. The van der Waals surface area contributed by atoms with Gasteiger partial charge in [-0.1, -0.05) is 30.3 Å². The van der Waals surface area contributed by atoms with Crippen LogP contribution in [0.25, 0.3) is 0 Å². The molecule has 0 saturated heterocycles. The molecule has 0 spiro atoms. The van der Waals surface area contributed by atoms with E-state index in [1.54, 1.807) is 7.11 Å². The van der Waals surface area contributed by atoms with Gasteiger partial charge in [-0.3, -0.25) is 0 Å². The molecule has 0 amide bonds. The predicted molar refractivity (Wildman–Crippen MR) is 111 cm³/mol. The summed E-state index contributed by atoms with van der Waals surface area (Å²) in [6.45, 7) is 2.65. The summed E-state index contributed by atoms with van der Waals surface area (Å²) in [5.41, 5.74) is 3.67. The molecule has 3 aromatic rings. The van der Waals surface area contributed by atoms with Gasteiger partial charge in [-0.25, -0.2) is 0 Å². The number of ether oxygens (including phenoxy) is 4. The van der Waals surface area contributed by atoms with E-state index in [0.29, 0.717) is 13.4 Å². The van der Waals surface area contributed by atoms with Gasteiger partial charge in [-0.15, -0.1) is 0 Å². The number of hydrogen-bond donors (Lipinski definition) is 1. The third-order valence-electron chi connectivity index (χ3n) is 4.92. The van der Waals surface area contributed by atoms with E-state index in [1.807, 2.05) is 42.5 Å². The van der Waals surface area contributed by atoms with Crippen molar-refractivity contribution >= 4 is 0 Å². The normalized spacial score (nSPS) is 12.0. The Morgan fingerprint density at radius 1 is 0.793 bits per heavy atom. The molecule has 5 nitrogen and oxygen atoms in total. The van der Waals surface area contributed by atoms with Gasteiger partial charge in [-0.05, 0) is 42.0 Å². The van der Waals surface area contributed by atoms with Crippen molar-refractivity contribution in [2.24, 2.45) is 0 Å². The van der Waals surface area contributed by atoms with Crippen LogP contribution in [0.5, 0.6) is 23.0 Å². The Balaban J connectivity index is 1.29. The molecule has 0 saturated carbocycles. The maximum absolute atomic E-state index is 5.94. The molecule has 4 rings (SSSR count). The molecule has 5 heteroatoms. The standard InChI is InChI=1S/C24H25NO4/c1-26-23-13-19(7-9-21(23)27-12-11-18-5-3-2-4-6-18)15-25-16-20-8-10-22-24(14-20)29-17-28-22/h2-10,13-14,25H,11-12,15-17H2,1H3/p+1. The van der Waals surface area contributed by atoms with Crippen LogP contribution in [0.3, 0.4) is 0 Å². The van der Waals surface area contributed by atoms with Gasteiger partial charge in [0.2, 0.25) is 6.79 Å². The molecule has 2 N–H and O–H groups in total. The largest absolute Gasteiger partial charge is 0.493 e. The summed E-state index contributed by atoms with van der Waals surface area (Å²) in [4.78, 5) is 0. The highest BCUT2D eigenvalue weighted by Gasteiger charge is 2.13. The van der Waals surface area contributed by atoms with Crippen molar-refractivity contribution in [3.63, 3.8) is 0 Å². The molecule has 150 valence electrons. The molecule has 0 fully saturated rings. The lowest BCUT2D eigenvalue weighted by molar-refractivity contribution is -0.686. The summed E-state index contributed by atoms with van der Waals surface area (Å²) >= 11 is 0. The van der Waals surface area contributed by atoms with Gasteiger partial charge in [0.1, 0.15) is 13.1 Å². The molecule has 3 aromatic carbocycles. The number of benzene rings is 3. The van der Waals surface area contributed by atoms with Gasteiger partial charge in [0.15, 0.2) is 23.0 Å². The molecule has 0 aliphatic carbocycles. The van der Waals surface area contributed by atoms with E-state index >= 15 is 0 Å². The average molecular weight is 392 g/mol. The zero-order valence-corrected chi connectivity index (χ0v) is 16.6. The number of rotatable bonds is 9. The summed E-state index contributed by atoms with van der Waals surface area (Å²) in [6.07, 6.45) is 0.870. The maximum atomic E-state index is 5.94. The Morgan fingerprint density at radius 2 is 1.55 bits per heavy atom. The fraction of sp³-hybridized carbons (Fsp3) is 0.250. The lowest BCUT2D eigenvalue weighted by Crippen LogP contribution is -2.80. The molecule has 0 atom stereocenters. The van der Waals surface area contributed by atoms with Gasteiger partial charge in [0.25, 0.3) is 0 Å². The van der Waals surface area contributed by atoms with E-state index in [-0.39, 0.29) is 0 Å². The molecule has 29 heavy (non-hydrogen) atoms. The zero-order chi connectivity index (χ0) is 19.9. The second-order valence-electron chi connectivity index (χ2n) is 6.95. The van der Waals surface area contributed by atoms with Crippen molar-refractivity contribution in [1.82, 2.24) is 0 Å². The number of nitrogens with two attached hydrogens (primary N) is 1. The van der Waals surface area contributed by atoms with Gasteiger partial charge in [0.05, 0.1) is 13.7 Å². The van der Waals surface area contributed by atoms with E-state index in [1.165, 1.54) is 16.7 Å². The topological polar surface area (TPSA) is 53.5 Å². The molecular formula is C24H26NO4+. The lowest BCUT2D eigenvalue weighted by Gasteiger charge is -2.12. The number of methoxy groups -OCH3 is 1. The van der Waals surface area contributed by atoms with Crippen LogP contribution < -0.4 is 24.3 Å². The molecule has 1 heterocycles. The highest BCUT2D eigenvalue weighted by molar-refractivity contribution is 5.44. The van der Waals surface area contributed by atoms with E-state index in [4.69, 9.17) is 18.9 Å². The fourth-order valence-corrected chi connectivity index (χ4v) is 3.36. The minimum Gasteiger partial charge on any atom is -0.493 e. The van der Waals surface area contributed by atoms with Crippen LogP contribution in [0.2, 0.25) is 0 Å². The zero-order valence-electron chi connectivity index (χ0n) is 16.6. The predicted octanol–water partition coefficient (Wildman–Crippen LogP) is 3.31. The van der Waals surface area contributed by atoms with Crippen LogP contribution in [0.15, 0.2) is 66.7 Å². The van der Waals surface area contributed by atoms with E-state index in [0.717, 1.165) is 42.5 Å². The van der Waals surface area contributed by atoms with E-state index in [9.17, 15) is 0 Å². The number of fused-ring (bicyclic) bond motifs is 1. The third kappa shape index (κ3) is 5.00. The van der Waals surface area contributed by atoms with Gasteiger partial charge in [-0.2, -0.15) is 0 Å². The van der Waals surface area contributed by atoms with Crippen LogP contribution in [0.1, 0.15) is 16.7 Å². The first-order valence-electron chi connectivity index (χ1n) is 9.85. The monoisotopic (exact) mass is 392 g/mol. The van der Waals surface area contributed by atoms with Crippen molar-refractivity contribution in [3.05, 3.63) is 83.4 Å². The van der Waals surface area contributed by atoms with Gasteiger partial charge >= 0.3 is 0 Å². The minimum atomic E-state index is 0.308. The fourth-order valence-electron chi connectivity index (χ4n) is 3.36. The second-order valence-corrected chi connectivity index (χ2v) is 6.95.